The van der Waals surface area contributed by atoms with E-state index in [4.69, 9.17) is 9.97 Å². The summed E-state index contributed by atoms with van der Waals surface area (Å²) in [6, 6.07) is 65.9. The van der Waals surface area contributed by atoms with E-state index in [2.05, 4.69) is 216 Å². The van der Waals surface area contributed by atoms with Crippen LogP contribution >= 0.6 is 15.9 Å². The maximum atomic E-state index is 5.51. The van der Waals surface area contributed by atoms with Gasteiger partial charge in [0.25, 0.3) is 0 Å². The summed E-state index contributed by atoms with van der Waals surface area (Å²) in [4.78, 5) is 10.9. The molecule has 3 nitrogen and oxygen atoms in total. The van der Waals surface area contributed by atoms with Gasteiger partial charge in [0.05, 0.1) is 22.2 Å². The van der Waals surface area contributed by atoms with Gasteiger partial charge in [-0.15, -0.1) is 0 Å². The highest BCUT2D eigenvalue weighted by molar-refractivity contribution is 9.15. The summed E-state index contributed by atoms with van der Waals surface area (Å²) in [5, 5.41) is 10.6. The van der Waals surface area contributed by atoms with E-state index in [0.717, 1.165) is 43.1 Å². The van der Waals surface area contributed by atoms with E-state index < -0.39 is 0 Å². The van der Waals surface area contributed by atoms with Gasteiger partial charge in [0, 0.05) is 31.6 Å². The third-order valence-corrected chi connectivity index (χ3v) is 13.5. The molecule has 0 aliphatic heterocycles. The SMILES string of the molecule is CC1(C)C(c2cccc3ccccc23)=C(Br)c2cc(-c3ccc4c(c3)c3ccccc3n4-c3nc(-c4ccc5ccccc5c4)c4c(ccc5ccccc54)n3)ccc21. The minimum absolute atomic E-state index is 0.175. The van der Waals surface area contributed by atoms with Gasteiger partial charge >= 0.3 is 0 Å². The number of fused-ring (bicyclic) bond motifs is 9. The highest BCUT2D eigenvalue weighted by Gasteiger charge is 2.38. The maximum Gasteiger partial charge on any atom is 0.235 e. The molecule has 12 rings (SSSR count). The van der Waals surface area contributed by atoms with Gasteiger partial charge in [-0.05, 0) is 118 Å². The minimum Gasteiger partial charge on any atom is -0.278 e. The molecule has 11 aromatic rings. The number of hydrogen-bond acceptors (Lipinski definition) is 2. The molecule has 0 saturated carbocycles. The molecular formula is C55H36BrN3. The van der Waals surface area contributed by atoms with Gasteiger partial charge < -0.3 is 0 Å². The van der Waals surface area contributed by atoms with Crippen LogP contribution in [0.3, 0.4) is 0 Å². The summed E-state index contributed by atoms with van der Waals surface area (Å²) in [5.74, 6) is 0.657. The van der Waals surface area contributed by atoms with Crippen LogP contribution in [-0.4, -0.2) is 14.5 Å². The van der Waals surface area contributed by atoms with Crippen molar-refractivity contribution in [3.8, 4) is 28.3 Å². The first kappa shape index (κ1) is 34.2. The molecule has 59 heavy (non-hydrogen) atoms. The molecular weight excluding hydrogens is 783 g/mol. The van der Waals surface area contributed by atoms with Crippen LogP contribution in [0.5, 0.6) is 0 Å². The molecule has 0 atom stereocenters. The molecule has 9 aromatic carbocycles. The number of benzene rings is 9. The molecule has 4 heteroatoms. The lowest BCUT2D eigenvalue weighted by atomic mass is 9.77. The topological polar surface area (TPSA) is 30.7 Å². The number of halogens is 1. The summed E-state index contributed by atoms with van der Waals surface area (Å²) in [6.07, 6.45) is 0. The lowest BCUT2D eigenvalue weighted by Gasteiger charge is -2.26. The summed E-state index contributed by atoms with van der Waals surface area (Å²) >= 11 is 4.14. The second-order valence-electron chi connectivity index (χ2n) is 16.3. The zero-order valence-corrected chi connectivity index (χ0v) is 34.1. The Morgan fingerprint density at radius 2 is 1.08 bits per heavy atom. The van der Waals surface area contributed by atoms with E-state index >= 15 is 0 Å². The second-order valence-corrected chi connectivity index (χ2v) is 17.1. The molecule has 0 amide bonds. The monoisotopic (exact) mass is 817 g/mol. The first-order valence-electron chi connectivity index (χ1n) is 20.2. The van der Waals surface area contributed by atoms with Crippen molar-refractivity contribution in [3.63, 3.8) is 0 Å². The van der Waals surface area contributed by atoms with E-state index in [1.54, 1.807) is 0 Å². The van der Waals surface area contributed by atoms with Crippen molar-refractivity contribution in [2.75, 3.05) is 0 Å². The fourth-order valence-corrected chi connectivity index (χ4v) is 10.8. The zero-order valence-electron chi connectivity index (χ0n) is 32.5. The molecule has 2 heterocycles. The number of aromatic nitrogens is 3. The van der Waals surface area contributed by atoms with E-state index in [1.165, 1.54) is 71.1 Å². The molecule has 0 unspecified atom stereocenters. The van der Waals surface area contributed by atoms with Crippen molar-refractivity contribution in [3.05, 3.63) is 199 Å². The van der Waals surface area contributed by atoms with Crippen molar-refractivity contribution >= 4 is 91.0 Å². The van der Waals surface area contributed by atoms with Gasteiger partial charge in [-0.2, -0.15) is 0 Å². The van der Waals surface area contributed by atoms with Crippen LogP contribution in [0.25, 0.3) is 103 Å². The predicted molar refractivity (Wildman–Crippen MR) is 252 cm³/mol. The lowest BCUT2D eigenvalue weighted by Crippen LogP contribution is -2.16. The third kappa shape index (κ3) is 5.13. The van der Waals surface area contributed by atoms with Crippen molar-refractivity contribution < 1.29 is 0 Å². The highest BCUT2D eigenvalue weighted by atomic mass is 79.9. The molecule has 0 N–H and O–H groups in total. The van der Waals surface area contributed by atoms with Crippen molar-refractivity contribution in [2.24, 2.45) is 0 Å². The zero-order chi connectivity index (χ0) is 39.4. The number of hydrogen-bond donors (Lipinski definition) is 0. The van der Waals surface area contributed by atoms with Crippen LogP contribution in [0.4, 0.5) is 0 Å². The van der Waals surface area contributed by atoms with Crippen LogP contribution in [0.1, 0.15) is 30.5 Å². The first-order valence-corrected chi connectivity index (χ1v) is 21.0. The molecule has 1 aliphatic carbocycles. The highest BCUT2D eigenvalue weighted by Crippen LogP contribution is 2.55. The third-order valence-electron chi connectivity index (χ3n) is 12.6. The van der Waals surface area contributed by atoms with Crippen LogP contribution in [0.15, 0.2) is 182 Å². The fourth-order valence-electron chi connectivity index (χ4n) is 9.80. The van der Waals surface area contributed by atoms with E-state index in [1.807, 2.05) is 0 Å². The Kier molecular flexibility index (Phi) is 7.42. The summed E-state index contributed by atoms with van der Waals surface area (Å²) in [5.41, 5.74) is 12.4. The first-order chi connectivity index (χ1) is 28.9. The molecule has 0 radical (unpaired) electrons. The number of rotatable bonds is 4. The molecule has 278 valence electrons. The van der Waals surface area contributed by atoms with Crippen LogP contribution in [0, 0.1) is 0 Å². The largest absolute Gasteiger partial charge is 0.278 e. The van der Waals surface area contributed by atoms with Gasteiger partial charge in [-0.3, -0.25) is 4.57 Å². The summed E-state index contributed by atoms with van der Waals surface area (Å²) in [7, 11) is 0. The number of allylic oxidation sites excluding steroid dienone is 1. The fraction of sp³-hybridized carbons (Fsp3) is 0.0545. The minimum atomic E-state index is -0.175. The Bertz CT molecular complexity index is 3600. The van der Waals surface area contributed by atoms with Crippen molar-refractivity contribution in [1.82, 2.24) is 14.5 Å². The van der Waals surface area contributed by atoms with Gasteiger partial charge in [-0.25, -0.2) is 9.97 Å². The normalized spacial score (nSPS) is 13.7. The average molecular weight is 819 g/mol. The summed E-state index contributed by atoms with van der Waals surface area (Å²) in [6.45, 7) is 4.70. The van der Waals surface area contributed by atoms with Crippen LogP contribution in [-0.2, 0) is 5.41 Å². The smallest absolute Gasteiger partial charge is 0.235 e. The molecule has 1 aliphatic rings. The summed E-state index contributed by atoms with van der Waals surface area (Å²) < 4.78 is 3.41. The number of nitrogens with zero attached hydrogens (tertiary/aromatic N) is 3. The Labute approximate surface area is 350 Å². The van der Waals surface area contributed by atoms with Crippen molar-refractivity contribution in [1.29, 1.82) is 0 Å². The maximum absolute atomic E-state index is 5.51. The van der Waals surface area contributed by atoms with E-state index in [0.29, 0.717) is 5.95 Å². The van der Waals surface area contributed by atoms with Gasteiger partial charge in [0.2, 0.25) is 5.95 Å². The Morgan fingerprint density at radius 3 is 1.93 bits per heavy atom. The van der Waals surface area contributed by atoms with E-state index in [9.17, 15) is 0 Å². The van der Waals surface area contributed by atoms with E-state index in [-0.39, 0.29) is 5.41 Å². The van der Waals surface area contributed by atoms with Gasteiger partial charge in [-0.1, -0.05) is 159 Å². The Hall–Kier alpha value is -6.88. The molecule has 0 spiro atoms. The van der Waals surface area contributed by atoms with Gasteiger partial charge in [0.15, 0.2) is 0 Å². The quantitative estimate of drug-likeness (QED) is 0.166. The molecule has 2 aromatic heterocycles. The Morgan fingerprint density at radius 1 is 0.458 bits per heavy atom. The van der Waals surface area contributed by atoms with Gasteiger partial charge in [0.1, 0.15) is 0 Å². The van der Waals surface area contributed by atoms with Crippen molar-refractivity contribution in [2.45, 2.75) is 19.3 Å². The lowest BCUT2D eigenvalue weighted by molar-refractivity contribution is 0.705. The molecule has 0 saturated heterocycles. The number of para-hydroxylation sites is 1. The Balaban J connectivity index is 1.04. The predicted octanol–water partition coefficient (Wildman–Crippen LogP) is 15.1. The second kappa shape index (κ2) is 12.8. The van der Waals surface area contributed by atoms with Crippen LogP contribution in [0.2, 0.25) is 0 Å². The molecule has 0 fully saturated rings. The standard InChI is InChI=1S/C55H36BrN3/c1-55(2)46-27-24-37(32-45(46)52(56)51(55)43-20-11-16-34-13-5-7-17-40(34)43)38-26-29-49-44(31-38)42-19-9-10-21-48(42)59(49)54-57-47-28-25-35-14-6-8-18-41(35)50(47)53(58-54)39-23-22-33-12-3-4-15-36(33)30-39/h3-32H,1-2H3. The average Bonchev–Trinajstić information content (AvgIpc) is 3.71. The van der Waals surface area contributed by atoms with Crippen LogP contribution < -0.4 is 0 Å². The molecule has 0 bridgehead atoms.